The Hall–Kier alpha value is -1.68. The Morgan fingerprint density at radius 3 is 2.13 bits per heavy atom. The molecule has 4 rings (SSSR count). The lowest BCUT2D eigenvalue weighted by molar-refractivity contribution is -0.483. The van der Waals surface area contributed by atoms with Gasteiger partial charge in [-0.2, -0.15) is 0 Å². The highest BCUT2D eigenvalue weighted by Gasteiger charge is 2.75. The monoisotopic (exact) mass is 310 g/mol. The van der Waals surface area contributed by atoms with Crippen LogP contribution < -0.4 is 0 Å². The highest BCUT2D eigenvalue weighted by Crippen LogP contribution is 2.65. The summed E-state index contributed by atoms with van der Waals surface area (Å²) in [5.74, 6) is -0.165. The molecule has 1 saturated heterocycles. The summed E-state index contributed by atoms with van der Waals surface area (Å²) in [7, 11) is 0. The SMILES string of the molecule is CC(c1ccccc1)C1[C@H]2OC(C)(C)OO[C@@]12c1ccccc1. The summed E-state index contributed by atoms with van der Waals surface area (Å²) in [6, 6.07) is 20.8. The predicted molar refractivity (Wildman–Crippen MR) is 87.6 cm³/mol. The minimum atomic E-state index is -0.714. The smallest absolute Gasteiger partial charge is 0.196 e. The lowest BCUT2D eigenvalue weighted by atomic mass is 9.92. The molecule has 2 fully saturated rings. The molecule has 120 valence electrons. The van der Waals surface area contributed by atoms with Gasteiger partial charge in [-0.15, -0.1) is 0 Å². The maximum Gasteiger partial charge on any atom is 0.196 e. The highest BCUT2D eigenvalue weighted by atomic mass is 17.3. The van der Waals surface area contributed by atoms with Gasteiger partial charge in [-0.3, -0.25) is 0 Å². The molecule has 2 aromatic rings. The van der Waals surface area contributed by atoms with Crippen molar-refractivity contribution in [1.82, 2.24) is 0 Å². The highest BCUT2D eigenvalue weighted by molar-refractivity contribution is 5.38. The molecule has 1 heterocycles. The van der Waals surface area contributed by atoms with E-state index in [1.165, 1.54) is 5.56 Å². The van der Waals surface area contributed by atoms with Gasteiger partial charge in [0.05, 0.1) is 0 Å². The average molecular weight is 310 g/mol. The number of hydrogen-bond donors (Lipinski definition) is 0. The molecule has 1 aliphatic heterocycles. The summed E-state index contributed by atoms with van der Waals surface area (Å²) >= 11 is 0. The number of rotatable bonds is 3. The molecule has 4 atom stereocenters. The van der Waals surface area contributed by atoms with Gasteiger partial charge in [-0.05, 0) is 30.9 Å². The topological polar surface area (TPSA) is 27.7 Å². The average Bonchev–Trinajstić information content (AvgIpc) is 3.23. The van der Waals surface area contributed by atoms with Crippen LogP contribution in [0.4, 0.5) is 0 Å². The molecule has 2 aromatic carbocycles. The zero-order valence-corrected chi connectivity index (χ0v) is 13.7. The van der Waals surface area contributed by atoms with Crippen molar-refractivity contribution in [2.75, 3.05) is 0 Å². The Labute approximate surface area is 137 Å². The Morgan fingerprint density at radius 2 is 1.48 bits per heavy atom. The minimum Gasteiger partial charge on any atom is -0.340 e. The molecule has 1 aliphatic carbocycles. The molecule has 0 aromatic heterocycles. The first-order chi connectivity index (χ1) is 11.0. The van der Waals surface area contributed by atoms with E-state index in [1.807, 2.05) is 38.1 Å². The molecule has 1 saturated carbocycles. The molecule has 0 N–H and O–H groups in total. The van der Waals surface area contributed by atoms with Gasteiger partial charge in [0.1, 0.15) is 6.10 Å². The quantitative estimate of drug-likeness (QED) is 0.787. The van der Waals surface area contributed by atoms with Gasteiger partial charge in [-0.25, -0.2) is 9.78 Å². The van der Waals surface area contributed by atoms with Crippen molar-refractivity contribution in [3.05, 3.63) is 71.8 Å². The van der Waals surface area contributed by atoms with Gasteiger partial charge in [0.25, 0.3) is 0 Å². The van der Waals surface area contributed by atoms with Crippen molar-refractivity contribution in [3.63, 3.8) is 0 Å². The van der Waals surface area contributed by atoms with Crippen LogP contribution in [0.5, 0.6) is 0 Å². The molecule has 0 radical (unpaired) electrons. The summed E-state index contributed by atoms with van der Waals surface area (Å²) in [5.41, 5.74) is 1.91. The van der Waals surface area contributed by atoms with E-state index in [4.69, 9.17) is 14.5 Å². The molecular weight excluding hydrogens is 288 g/mol. The third-order valence-electron chi connectivity index (χ3n) is 5.01. The summed E-state index contributed by atoms with van der Waals surface area (Å²) in [6.45, 7) is 6.03. The number of benzene rings is 2. The summed E-state index contributed by atoms with van der Waals surface area (Å²) in [6.07, 6.45) is 0.00357. The predicted octanol–water partition coefficient (Wildman–Crippen LogP) is 4.40. The maximum absolute atomic E-state index is 6.21. The van der Waals surface area contributed by atoms with Crippen LogP contribution in [0.2, 0.25) is 0 Å². The molecule has 23 heavy (non-hydrogen) atoms. The zero-order chi connectivity index (χ0) is 16.1. The normalized spacial score (nSPS) is 32.8. The van der Waals surface area contributed by atoms with Crippen molar-refractivity contribution in [3.8, 4) is 0 Å². The van der Waals surface area contributed by atoms with E-state index in [0.717, 1.165) is 5.56 Å². The van der Waals surface area contributed by atoms with Crippen LogP contribution in [0, 0.1) is 5.92 Å². The number of ether oxygens (including phenoxy) is 1. The first kappa shape index (κ1) is 14.9. The second-order valence-electron chi connectivity index (χ2n) is 6.99. The number of fused-ring (bicyclic) bond motifs is 1. The van der Waals surface area contributed by atoms with Gasteiger partial charge in [0.15, 0.2) is 11.4 Å². The molecule has 2 aliphatic rings. The largest absolute Gasteiger partial charge is 0.340 e. The van der Waals surface area contributed by atoms with E-state index in [0.29, 0.717) is 5.92 Å². The standard InChI is InChI=1S/C20H22O3/c1-14(15-10-6-4-7-11-15)17-18-20(17,16-12-8-5-9-13-16)23-22-19(2,3)21-18/h4-14,17-18H,1-3H3/t14?,17?,18-,20+/m1/s1. The van der Waals surface area contributed by atoms with E-state index < -0.39 is 11.4 Å². The van der Waals surface area contributed by atoms with Crippen molar-refractivity contribution >= 4 is 0 Å². The zero-order valence-electron chi connectivity index (χ0n) is 13.7. The van der Waals surface area contributed by atoms with Crippen LogP contribution in [0.15, 0.2) is 60.7 Å². The third-order valence-corrected chi connectivity index (χ3v) is 5.01. The molecule has 0 amide bonds. The van der Waals surface area contributed by atoms with Crippen molar-refractivity contribution in [2.45, 2.75) is 44.2 Å². The Balaban J connectivity index is 1.71. The van der Waals surface area contributed by atoms with Gasteiger partial charge >= 0.3 is 0 Å². The Morgan fingerprint density at radius 1 is 0.870 bits per heavy atom. The van der Waals surface area contributed by atoms with Gasteiger partial charge in [-0.1, -0.05) is 67.6 Å². The molecule has 3 heteroatoms. The summed E-state index contributed by atoms with van der Waals surface area (Å²) in [5, 5.41) is 0. The molecule has 3 nitrogen and oxygen atoms in total. The second-order valence-corrected chi connectivity index (χ2v) is 6.99. The number of hydrogen-bond acceptors (Lipinski definition) is 3. The molecular formula is C20H22O3. The lowest BCUT2D eigenvalue weighted by Crippen LogP contribution is -2.39. The molecule has 0 spiro atoms. The van der Waals surface area contributed by atoms with Gasteiger partial charge in [0, 0.05) is 5.92 Å². The summed E-state index contributed by atoms with van der Waals surface area (Å²) in [4.78, 5) is 11.5. The van der Waals surface area contributed by atoms with E-state index in [2.05, 4.69) is 43.3 Å². The summed E-state index contributed by atoms with van der Waals surface area (Å²) < 4.78 is 6.21. The Kier molecular flexibility index (Phi) is 3.34. The van der Waals surface area contributed by atoms with Crippen LogP contribution in [0.1, 0.15) is 37.8 Å². The second kappa shape index (κ2) is 5.17. The molecule has 2 unspecified atom stereocenters. The fourth-order valence-electron chi connectivity index (χ4n) is 3.82. The van der Waals surface area contributed by atoms with Crippen LogP contribution in [-0.4, -0.2) is 11.9 Å². The van der Waals surface area contributed by atoms with Crippen LogP contribution in [0.3, 0.4) is 0 Å². The van der Waals surface area contributed by atoms with Gasteiger partial charge in [0.2, 0.25) is 0 Å². The van der Waals surface area contributed by atoms with Crippen molar-refractivity contribution < 1.29 is 14.5 Å². The molecule has 0 bridgehead atoms. The van der Waals surface area contributed by atoms with E-state index >= 15 is 0 Å². The van der Waals surface area contributed by atoms with E-state index in [9.17, 15) is 0 Å². The fourth-order valence-corrected chi connectivity index (χ4v) is 3.82. The van der Waals surface area contributed by atoms with Crippen LogP contribution in [0.25, 0.3) is 0 Å². The van der Waals surface area contributed by atoms with E-state index in [1.54, 1.807) is 0 Å². The first-order valence-electron chi connectivity index (χ1n) is 8.20. The van der Waals surface area contributed by atoms with Gasteiger partial charge < -0.3 is 4.74 Å². The first-order valence-corrected chi connectivity index (χ1v) is 8.20. The van der Waals surface area contributed by atoms with Crippen molar-refractivity contribution in [2.24, 2.45) is 5.92 Å². The van der Waals surface area contributed by atoms with Crippen molar-refractivity contribution in [1.29, 1.82) is 0 Å². The fraction of sp³-hybridized carbons (Fsp3) is 0.400. The lowest BCUT2D eigenvalue weighted by Gasteiger charge is -2.33. The Bertz CT molecular complexity index is 683. The van der Waals surface area contributed by atoms with Crippen LogP contribution >= 0.6 is 0 Å². The van der Waals surface area contributed by atoms with E-state index in [-0.39, 0.29) is 12.0 Å². The third kappa shape index (κ3) is 2.31. The maximum atomic E-state index is 6.21. The van der Waals surface area contributed by atoms with Crippen LogP contribution in [-0.2, 0) is 20.1 Å². The minimum absolute atomic E-state index is 0.00357.